The highest BCUT2D eigenvalue weighted by atomic mass is 79.9. The van der Waals surface area contributed by atoms with Crippen LogP contribution in [-0.4, -0.2) is 14.8 Å². The minimum absolute atomic E-state index is 0.685. The van der Waals surface area contributed by atoms with Crippen LogP contribution in [0.5, 0.6) is 0 Å². The summed E-state index contributed by atoms with van der Waals surface area (Å²) in [5.41, 5.74) is 1.14. The van der Waals surface area contributed by atoms with Crippen molar-refractivity contribution in [2.75, 3.05) is 0 Å². The molecule has 0 amide bonds. The molecule has 90 valence electrons. The van der Waals surface area contributed by atoms with Crippen molar-refractivity contribution >= 4 is 27.5 Å². The van der Waals surface area contributed by atoms with Gasteiger partial charge in [-0.15, -0.1) is 10.2 Å². The van der Waals surface area contributed by atoms with E-state index in [9.17, 15) is 0 Å². The molecule has 0 aliphatic heterocycles. The van der Waals surface area contributed by atoms with Gasteiger partial charge in [-0.05, 0) is 33.6 Å². The molecule has 0 spiro atoms. The first-order chi connectivity index (χ1) is 8.16. The number of nitrogens with one attached hydrogen (secondary N) is 1. The number of halogens is 2. The van der Waals surface area contributed by atoms with Gasteiger partial charge in [0.1, 0.15) is 12.2 Å². The number of benzene rings is 1. The van der Waals surface area contributed by atoms with Gasteiger partial charge in [-0.1, -0.05) is 17.7 Å². The summed E-state index contributed by atoms with van der Waals surface area (Å²) < 4.78 is 2.80. The molecule has 0 saturated heterocycles. The van der Waals surface area contributed by atoms with Gasteiger partial charge < -0.3 is 9.88 Å². The molecule has 2 aromatic rings. The van der Waals surface area contributed by atoms with Crippen molar-refractivity contribution in [2.24, 2.45) is 7.05 Å². The largest absolute Gasteiger partial charge is 0.320 e. The van der Waals surface area contributed by atoms with Crippen LogP contribution in [0.25, 0.3) is 0 Å². The predicted molar refractivity (Wildman–Crippen MR) is 70.7 cm³/mol. The fraction of sp³-hybridized carbons (Fsp3) is 0.273. The van der Waals surface area contributed by atoms with E-state index in [2.05, 4.69) is 31.4 Å². The highest BCUT2D eigenvalue weighted by Gasteiger charge is 2.01. The molecule has 2 rings (SSSR count). The second kappa shape index (κ2) is 5.62. The Bertz CT molecular complexity index is 512. The van der Waals surface area contributed by atoms with Crippen LogP contribution in [-0.2, 0) is 20.1 Å². The van der Waals surface area contributed by atoms with Gasteiger partial charge in [-0.3, -0.25) is 0 Å². The maximum Gasteiger partial charge on any atom is 0.146 e. The van der Waals surface area contributed by atoms with Crippen molar-refractivity contribution in [3.63, 3.8) is 0 Å². The smallest absolute Gasteiger partial charge is 0.146 e. The zero-order valence-electron chi connectivity index (χ0n) is 9.32. The first-order valence-electron chi connectivity index (χ1n) is 5.14. The number of nitrogens with zero attached hydrogens (tertiary/aromatic N) is 3. The molecule has 0 unspecified atom stereocenters. The average Bonchev–Trinajstić information content (AvgIpc) is 2.70. The van der Waals surface area contributed by atoms with Crippen LogP contribution in [0.1, 0.15) is 11.4 Å². The maximum absolute atomic E-state index is 6.02. The third-order valence-corrected chi connectivity index (χ3v) is 3.63. The van der Waals surface area contributed by atoms with Crippen LogP contribution in [0, 0.1) is 0 Å². The van der Waals surface area contributed by atoms with Crippen molar-refractivity contribution < 1.29 is 0 Å². The lowest BCUT2D eigenvalue weighted by molar-refractivity contribution is 0.637. The topological polar surface area (TPSA) is 42.7 Å². The van der Waals surface area contributed by atoms with E-state index in [4.69, 9.17) is 11.6 Å². The van der Waals surface area contributed by atoms with E-state index >= 15 is 0 Å². The van der Waals surface area contributed by atoms with E-state index in [1.807, 2.05) is 29.8 Å². The first-order valence-corrected chi connectivity index (χ1v) is 6.31. The SMILES string of the molecule is Cn1cnnc1CNCc1ccc(Br)c(Cl)c1. The molecular formula is C11H12BrClN4. The van der Waals surface area contributed by atoms with Gasteiger partial charge in [0, 0.05) is 18.1 Å². The summed E-state index contributed by atoms with van der Waals surface area (Å²) in [6.07, 6.45) is 1.69. The van der Waals surface area contributed by atoms with Crippen LogP contribution < -0.4 is 5.32 Å². The minimum Gasteiger partial charge on any atom is -0.320 e. The van der Waals surface area contributed by atoms with Crippen molar-refractivity contribution in [1.82, 2.24) is 20.1 Å². The number of hydrogen-bond donors (Lipinski definition) is 1. The van der Waals surface area contributed by atoms with Crippen molar-refractivity contribution in [2.45, 2.75) is 13.1 Å². The van der Waals surface area contributed by atoms with E-state index in [-0.39, 0.29) is 0 Å². The molecule has 0 atom stereocenters. The fourth-order valence-corrected chi connectivity index (χ4v) is 1.89. The summed E-state index contributed by atoms with van der Waals surface area (Å²) in [4.78, 5) is 0. The quantitative estimate of drug-likeness (QED) is 0.943. The molecule has 1 aromatic carbocycles. The Morgan fingerprint density at radius 2 is 2.24 bits per heavy atom. The Hall–Kier alpha value is -0.910. The summed E-state index contributed by atoms with van der Waals surface area (Å²) in [6.45, 7) is 1.43. The molecule has 1 heterocycles. The fourth-order valence-electron chi connectivity index (χ4n) is 1.44. The van der Waals surface area contributed by atoms with Gasteiger partial charge in [0.15, 0.2) is 0 Å². The van der Waals surface area contributed by atoms with E-state index in [1.54, 1.807) is 6.33 Å². The number of hydrogen-bond acceptors (Lipinski definition) is 3. The summed E-state index contributed by atoms with van der Waals surface area (Å²) >= 11 is 9.38. The maximum atomic E-state index is 6.02. The second-order valence-corrected chi connectivity index (χ2v) is 4.97. The van der Waals surface area contributed by atoms with Crippen LogP contribution in [0.2, 0.25) is 5.02 Å². The third kappa shape index (κ3) is 3.28. The Kier molecular flexibility index (Phi) is 4.15. The summed E-state index contributed by atoms with van der Waals surface area (Å²) in [5.74, 6) is 0.910. The van der Waals surface area contributed by atoms with Gasteiger partial charge in [-0.2, -0.15) is 0 Å². The Labute approximate surface area is 113 Å². The lowest BCUT2D eigenvalue weighted by atomic mass is 10.2. The van der Waals surface area contributed by atoms with E-state index in [0.29, 0.717) is 6.54 Å². The lowest BCUT2D eigenvalue weighted by Gasteiger charge is -2.05. The normalized spacial score (nSPS) is 10.8. The van der Waals surface area contributed by atoms with Crippen LogP contribution in [0.4, 0.5) is 0 Å². The standard InChI is InChI=1S/C11H12BrClN4/c1-17-7-15-16-11(17)6-14-5-8-2-3-9(12)10(13)4-8/h2-4,7,14H,5-6H2,1H3. The number of aromatic nitrogens is 3. The molecule has 0 bridgehead atoms. The van der Waals surface area contributed by atoms with E-state index in [0.717, 1.165) is 27.4 Å². The van der Waals surface area contributed by atoms with Crippen LogP contribution >= 0.6 is 27.5 Å². The van der Waals surface area contributed by atoms with Crippen molar-refractivity contribution in [3.8, 4) is 0 Å². The van der Waals surface area contributed by atoms with Crippen LogP contribution in [0.3, 0.4) is 0 Å². The van der Waals surface area contributed by atoms with Gasteiger partial charge in [0.2, 0.25) is 0 Å². The van der Waals surface area contributed by atoms with Gasteiger partial charge in [-0.25, -0.2) is 0 Å². The Balaban J connectivity index is 1.90. The lowest BCUT2D eigenvalue weighted by Crippen LogP contribution is -2.15. The summed E-state index contributed by atoms with van der Waals surface area (Å²) in [6, 6.07) is 5.91. The third-order valence-electron chi connectivity index (χ3n) is 2.40. The highest BCUT2D eigenvalue weighted by molar-refractivity contribution is 9.10. The molecule has 0 radical (unpaired) electrons. The minimum atomic E-state index is 0.685. The monoisotopic (exact) mass is 314 g/mol. The Morgan fingerprint density at radius 3 is 2.88 bits per heavy atom. The average molecular weight is 316 g/mol. The highest BCUT2D eigenvalue weighted by Crippen LogP contribution is 2.23. The first kappa shape index (κ1) is 12.5. The Morgan fingerprint density at radius 1 is 1.41 bits per heavy atom. The molecule has 0 saturated carbocycles. The molecule has 1 aromatic heterocycles. The molecule has 0 aliphatic carbocycles. The summed E-state index contributed by atoms with van der Waals surface area (Å²) in [5, 5.41) is 11.8. The molecule has 17 heavy (non-hydrogen) atoms. The molecule has 4 nitrogen and oxygen atoms in total. The van der Waals surface area contributed by atoms with Crippen LogP contribution in [0.15, 0.2) is 29.0 Å². The van der Waals surface area contributed by atoms with Crippen molar-refractivity contribution in [1.29, 1.82) is 0 Å². The second-order valence-electron chi connectivity index (χ2n) is 3.71. The predicted octanol–water partition coefficient (Wildman–Crippen LogP) is 2.52. The molecule has 0 aliphatic rings. The zero-order chi connectivity index (χ0) is 12.3. The zero-order valence-corrected chi connectivity index (χ0v) is 11.7. The van der Waals surface area contributed by atoms with Gasteiger partial charge >= 0.3 is 0 Å². The van der Waals surface area contributed by atoms with Gasteiger partial charge in [0.05, 0.1) is 11.6 Å². The summed E-state index contributed by atoms with van der Waals surface area (Å²) in [7, 11) is 1.92. The van der Waals surface area contributed by atoms with Gasteiger partial charge in [0.25, 0.3) is 0 Å². The molecule has 6 heteroatoms. The van der Waals surface area contributed by atoms with Crippen molar-refractivity contribution in [3.05, 3.63) is 45.4 Å². The molecule has 0 fully saturated rings. The number of aryl methyl sites for hydroxylation is 1. The van der Waals surface area contributed by atoms with E-state index in [1.165, 1.54) is 0 Å². The molecular weight excluding hydrogens is 304 g/mol. The van der Waals surface area contributed by atoms with E-state index < -0.39 is 0 Å². The number of rotatable bonds is 4. The molecule has 1 N–H and O–H groups in total.